The summed E-state index contributed by atoms with van der Waals surface area (Å²) in [5.74, 6) is 1.56. The van der Waals surface area contributed by atoms with Crippen LogP contribution in [0, 0.1) is 5.82 Å². The van der Waals surface area contributed by atoms with E-state index in [0.29, 0.717) is 29.5 Å². The molecule has 4 rings (SSSR count). The minimum Gasteiger partial charge on any atom is -0.493 e. The Hall–Kier alpha value is -3.74. The molecule has 2 atom stereocenters. The molecule has 1 amide bonds. The lowest BCUT2D eigenvalue weighted by molar-refractivity contribution is -0.165. The number of benzene rings is 3. The third kappa shape index (κ3) is 4.06. The van der Waals surface area contributed by atoms with Crippen molar-refractivity contribution < 1.29 is 28.1 Å². The van der Waals surface area contributed by atoms with E-state index in [4.69, 9.17) is 18.9 Å². The first-order valence-corrected chi connectivity index (χ1v) is 10.1. The summed E-state index contributed by atoms with van der Waals surface area (Å²) in [6.45, 7) is 0.315. The monoisotopic (exact) mass is 437 g/mol. The van der Waals surface area contributed by atoms with Gasteiger partial charge in [-0.05, 0) is 47.5 Å². The van der Waals surface area contributed by atoms with Gasteiger partial charge in [-0.3, -0.25) is 4.79 Å². The average Bonchev–Trinajstić information content (AvgIpc) is 2.83. The van der Waals surface area contributed by atoms with Crippen LogP contribution in [0.4, 0.5) is 4.39 Å². The number of amides is 1. The van der Waals surface area contributed by atoms with Gasteiger partial charge in [0.1, 0.15) is 17.6 Å². The van der Waals surface area contributed by atoms with Crippen LogP contribution in [0.25, 0.3) is 0 Å². The maximum Gasteiger partial charge on any atom is 0.267 e. The highest BCUT2D eigenvalue weighted by Crippen LogP contribution is 2.45. The van der Waals surface area contributed by atoms with Gasteiger partial charge in [0, 0.05) is 6.54 Å². The third-order valence-corrected chi connectivity index (χ3v) is 5.45. The first-order chi connectivity index (χ1) is 15.5. The zero-order valence-electron chi connectivity index (χ0n) is 18.1. The molecule has 0 aromatic heterocycles. The van der Waals surface area contributed by atoms with Crippen molar-refractivity contribution >= 4 is 5.91 Å². The molecule has 3 aromatic carbocycles. The number of hydrogen-bond donors (Lipinski definition) is 0. The van der Waals surface area contributed by atoms with Crippen LogP contribution in [0.3, 0.4) is 0 Å². The fraction of sp³-hybridized carbons (Fsp3) is 0.240. The lowest BCUT2D eigenvalue weighted by Crippen LogP contribution is -2.60. The molecule has 1 saturated heterocycles. The minimum atomic E-state index is -0.722. The molecule has 1 aliphatic heterocycles. The summed E-state index contributed by atoms with van der Waals surface area (Å²) in [5, 5.41) is 0. The molecule has 7 heteroatoms. The first-order valence-electron chi connectivity index (χ1n) is 10.1. The van der Waals surface area contributed by atoms with Crippen molar-refractivity contribution in [3.05, 3.63) is 83.7 Å². The van der Waals surface area contributed by atoms with Gasteiger partial charge in [-0.2, -0.15) is 0 Å². The highest BCUT2D eigenvalue weighted by molar-refractivity contribution is 5.89. The summed E-state index contributed by atoms with van der Waals surface area (Å²) in [6.07, 6.45) is -0.722. The Morgan fingerprint density at radius 3 is 2.06 bits per heavy atom. The van der Waals surface area contributed by atoms with Gasteiger partial charge in [0.25, 0.3) is 5.91 Å². The van der Waals surface area contributed by atoms with Crippen molar-refractivity contribution in [3.8, 4) is 23.0 Å². The number of nitrogens with zero attached hydrogens (tertiary/aromatic N) is 1. The molecule has 0 saturated carbocycles. The number of methoxy groups -OCH3 is 3. The molecular weight excluding hydrogens is 413 g/mol. The van der Waals surface area contributed by atoms with Crippen molar-refractivity contribution in [1.82, 2.24) is 4.90 Å². The van der Waals surface area contributed by atoms with Gasteiger partial charge in [-0.15, -0.1) is 0 Å². The van der Waals surface area contributed by atoms with Gasteiger partial charge in [0.15, 0.2) is 11.5 Å². The summed E-state index contributed by atoms with van der Waals surface area (Å²) >= 11 is 0. The van der Waals surface area contributed by atoms with Crippen LogP contribution < -0.4 is 18.9 Å². The van der Waals surface area contributed by atoms with E-state index in [9.17, 15) is 9.18 Å². The molecule has 6 nitrogen and oxygen atoms in total. The molecule has 0 aliphatic carbocycles. The van der Waals surface area contributed by atoms with Gasteiger partial charge < -0.3 is 23.8 Å². The Kier molecular flexibility index (Phi) is 6.16. The number of likely N-dealkylation sites (tertiary alicyclic amines) is 1. The van der Waals surface area contributed by atoms with E-state index in [0.717, 1.165) is 11.1 Å². The Morgan fingerprint density at radius 1 is 0.875 bits per heavy atom. The number of β-lactam (4-membered cyclic amide) rings is 1. The normalized spacial score (nSPS) is 17.5. The van der Waals surface area contributed by atoms with Crippen LogP contribution in [0.5, 0.6) is 23.0 Å². The Morgan fingerprint density at radius 2 is 1.50 bits per heavy atom. The quantitative estimate of drug-likeness (QED) is 0.490. The molecule has 1 fully saturated rings. The lowest BCUT2D eigenvalue weighted by Gasteiger charge is -2.47. The zero-order valence-corrected chi connectivity index (χ0v) is 18.1. The number of hydrogen-bond acceptors (Lipinski definition) is 5. The SMILES string of the molecule is COc1cc([C@H]2[C@H](Oc3ccccc3)C(=O)N2Cc2ccc(F)cc2)cc(OC)c1OC. The number of para-hydroxylation sites is 1. The Labute approximate surface area is 186 Å². The number of rotatable bonds is 8. The second-order valence-corrected chi connectivity index (χ2v) is 7.35. The smallest absolute Gasteiger partial charge is 0.267 e. The van der Waals surface area contributed by atoms with E-state index >= 15 is 0 Å². The second-order valence-electron chi connectivity index (χ2n) is 7.35. The van der Waals surface area contributed by atoms with Crippen molar-refractivity contribution in [2.24, 2.45) is 0 Å². The summed E-state index contributed by atoms with van der Waals surface area (Å²) in [4.78, 5) is 14.8. The van der Waals surface area contributed by atoms with Gasteiger partial charge in [-0.1, -0.05) is 30.3 Å². The topological polar surface area (TPSA) is 57.2 Å². The predicted molar refractivity (Wildman–Crippen MR) is 117 cm³/mol. The maximum atomic E-state index is 13.3. The Bertz CT molecular complexity index is 1060. The molecule has 0 spiro atoms. The second kappa shape index (κ2) is 9.18. The van der Waals surface area contributed by atoms with E-state index in [1.165, 1.54) is 19.2 Å². The minimum absolute atomic E-state index is 0.156. The van der Waals surface area contributed by atoms with Crippen LogP contribution in [-0.2, 0) is 11.3 Å². The summed E-state index contributed by atoms with van der Waals surface area (Å²) in [7, 11) is 4.62. The van der Waals surface area contributed by atoms with Gasteiger partial charge >= 0.3 is 0 Å². The standard InChI is InChI=1S/C25H24FNO5/c1-29-20-13-17(14-21(30-2)23(20)31-3)22-24(32-19-7-5-4-6-8-19)25(28)27(22)15-16-9-11-18(26)12-10-16/h4-14,22,24H,15H2,1-3H3/t22-,24-/m0/s1. The highest BCUT2D eigenvalue weighted by Gasteiger charge is 2.50. The largest absolute Gasteiger partial charge is 0.493 e. The molecule has 166 valence electrons. The van der Waals surface area contributed by atoms with Crippen LogP contribution in [0.1, 0.15) is 17.2 Å². The number of carbonyl (C=O) groups is 1. The van der Waals surface area contributed by atoms with Crippen molar-refractivity contribution in [2.75, 3.05) is 21.3 Å². The van der Waals surface area contributed by atoms with Crippen LogP contribution in [0.2, 0.25) is 0 Å². The van der Waals surface area contributed by atoms with Crippen molar-refractivity contribution in [3.63, 3.8) is 0 Å². The van der Waals surface area contributed by atoms with E-state index in [2.05, 4.69) is 0 Å². The van der Waals surface area contributed by atoms with Crippen LogP contribution >= 0.6 is 0 Å². The molecule has 0 unspecified atom stereocenters. The highest BCUT2D eigenvalue weighted by atomic mass is 19.1. The van der Waals surface area contributed by atoms with Crippen molar-refractivity contribution in [2.45, 2.75) is 18.7 Å². The van der Waals surface area contributed by atoms with Crippen LogP contribution in [0.15, 0.2) is 66.7 Å². The fourth-order valence-corrected chi connectivity index (χ4v) is 3.87. The first kappa shape index (κ1) is 21.5. The maximum absolute atomic E-state index is 13.3. The van der Waals surface area contributed by atoms with E-state index in [1.807, 2.05) is 42.5 Å². The van der Waals surface area contributed by atoms with Crippen LogP contribution in [-0.4, -0.2) is 38.2 Å². The molecular formula is C25H24FNO5. The third-order valence-electron chi connectivity index (χ3n) is 5.45. The van der Waals surface area contributed by atoms with Gasteiger partial charge in [0.2, 0.25) is 11.9 Å². The van der Waals surface area contributed by atoms with Gasteiger partial charge in [-0.25, -0.2) is 4.39 Å². The van der Waals surface area contributed by atoms with Crippen molar-refractivity contribution in [1.29, 1.82) is 0 Å². The molecule has 0 radical (unpaired) electrons. The lowest BCUT2D eigenvalue weighted by atomic mass is 9.89. The number of carbonyl (C=O) groups excluding carboxylic acids is 1. The van der Waals surface area contributed by atoms with E-state index in [1.54, 1.807) is 31.3 Å². The summed E-state index contributed by atoms with van der Waals surface area (Å²) in [6, 6.07) is 18.5. The number of ether oxygens (including phenoxy) is 4. The van der Waals surface area contributed by atoms with E-state index in [-0.39, 0.29) is 11.7 Å². The molecule has 32 heavy (non-hydrogen) atoms. The summed E-state index contributed by atoms with van der Waals surface area (Å²) < 4.78 is 35.8. The molecule has 0 bridgehead atoms. The average molecular weight is 437 g/mol. The van der Waals surface area contributed by atoms with Gasteiger partial charge in [0.05, 0.1) is 21.3 Å². The fourth-order valence-electron chi connectivity index (χ4n) is 3.87. The Balaban J connectivity index is 1.71. The summed E-state index contributed by atoms with van der Waals surface area (Å²) in [5.41, 5.74) is 1.59. The van der Waals surface area contributed by atoms with E-state index < -0.39 is 12.1 Å². The molecule has 0 N–H and O–H groups in total. The molecule has 1 aliphatic rings. The molecule has 3 aromatic rings. The molecule has 1 heterocycles. The number of halogens is 1. The zero-order chi connectivity index (χ0) is 22.7. The predicted octanol–water partition coefficient (Wildman–Crippen LogP) is 4.38.